The highest BCUT2D eigenvalue weighted by atomic mass is 16.5. The molecule has 140 valence electrons. The highest BCUT2D eigenvalue weighted by Crippen LogP contribution is 2.35. The molecule has 0 amide bonds. The second-order valence-corrected chi connectivity index (χ2v) is 7.47. The van der Waals surface area contributed by atoms with Crippen molar-refractivity contribution < 1.29 is 9.47 Å². The monoisotopic (exact) mass is 352 g/mol. The summed E-state index contributed by atoms with van der Waals surface area (Å²) < 4.78 is 12.5. The van der Waals surface area contributed by atoms with Crippen molar-refractivity contribution in [2.75, 3.05) is 6.61 Å². The summed E-state index contributed by atoms with van der Waals surface area (Å²) in [6.07, 6.45) is 2.98. The van der Waals surface area contributed by atoms with Gasteiger partial charge in [-0.25, -0.2) is 0 Å². The van der Waals surface area contributed by atoms with E-state index in [1.54, 1.807) is 0 Å². The third-order valence-electron chi connectivity index (χ3n) is 4.57. The Morgan fingerprint density at radius 1 is 1.12 bits per heavy atom. The molecule has 1 atom stereocenters. The summed E-state index contributed by atoms with van der Waals surface area (Å²) in [7, 11) is 0. The SMILES string of the molecule is C=C(C)CC(C)(OCCCC)c1cccc(Oc2cc(C)ccc2C)c1. The summed E-state index contributed by atoms with van der Waals surface area (Å²) in [6, 6.07) is 14.5. The second kappa shape index (κ2) is 9.05. The van der Waals surface area contributed by atoms with Gasteiger partial charge in [0.2, 0.25) is 0 Å². The molecule has 0 heterocycles. The number of aryl methyl sites for hydroxylation is 2. The van der Waals surface area contributed by atoms with Gasteiger partial charge in [-0.15, -0.1) is 6.58 Å². The molecule has 26 heavy (non-hydrogen) atoms. The van der Waals surface area contributed by atoms with E-state index in [0.29, 0.717) is 0 Å². The number of benzene rings is 2. The summed E-state index contributed by atoms with van der Waals surface area (Å²) in [5.74, 6) is 1.74. The minimum absolute atomic E-state index is 0.387. The minimum Gasteiger partial charge on any atom is -0.457 e. The lowest BCUT2D eigenvalue weighted by atomic mass is 9.89. The van der Waals surface area contributed by atoms with Crippen molar-refractivity contribution in [1.29, 1.82) is 0 Å². The Morgan fingerprint density at radius 2 is 1.88 bits per heavy atom. The van der Waals surface area contributed by atoms with Crippen molar-refractivity contribution in [3.8, 4) is 11.5 Å². The molecule has 2 nitrogen and oxygen atoms in total. The quantitative estimate of drug-likeness (QED) is 0.354. The molecule has 0 radical (unpaired) electrons. The molecule has 2 heteroatoms. The lowest BCUT2D eigenvalue weighted by Crippen LogP contribution is -2.27. The molecule has 0 aliphatic carbocycles. The Kier molecular flexibility index (Phi) is 7.05. The smallest absolute Gasteiger partial charge is 0.130 e. The summed E-state index contributed by atoms with van der Waals surface area (Å²) in [6.45, 7) is 15.4. The van der Waals surface area contributed by atoms with E-state index in [9.17, 15) is 0 Å². The van der Waals surface area contributed by atoms with Gasteiger partial charge in [-0.2, -0.15) is 0 Å². The van der Waals surface area contributed by atoms with E-state index in [1.165, 1.54) is 5.56 Å². The number of hydrogen-bond acceptors (Lipinski definition) is 2. The molecular weight excluding hydrogens is 320 g/mol. The molecule has 0 bridgehead atoms. The zero-order valence-electron chi connectivity index (χ0n) is 16.9. The van der Waals surface area contributed by atoms with E-state index in [0.717, 1.165) is 54.1 Å². The van der Waals surface area contributed by atoms with E-state index in [-0.39, 0.29) is 5.60 Å². The van der Waals surface area contributed by atoms with Crippen LogP contribution in [0.25, 0.3) is 0 Å². The standard InChI is InChI=1S/C24H32O2/c1-7-8-14-25-24(6,17-18(2)3)21-10-9-11-22(16-21)26-23-15-19(4)12-13-20(23)5/h9-13,15-16H,2,7-8,14,17H2,1,3-6H3. The summed E-state index contributed by atoms with van der Waals surface area (Å²) in [5, 5.41) is 0. The van der Waals surface area contributed by atoms with Crippen LogP contribution in [0.2, 0.25) is 0 Å². The fourth-order valence-electron chi connectivity index (χ4n) is 3.09. The molecule has 0 fully saturated rings. The highest BCUT2D eigenvalue weighted by Gasteiger charge is 2.28. The molecule has 0 aliphatic heterocycles. The molecule has 0 saturated carbocycles. The Balaban J connectivity index is 2.29. The van der Waals surface area contributed by atoms with Gasteiger partial charge in [0, 0.05) is 13.0 Å². The first-order chi connectivity index (χ1) is 12.3. The number of rotatable bonds is 9. The zero-order chi connectivity index (χ0) is 19.2. The fourth-order valence-corrected chi connectivity index (χ4v) is 3.09. The summed E-state index contributed by atoms with van der Waals surface area (Å²) in [4.78, 5) is 0. The van der Waals surface area contributed by atoms with Gasteiger partial charge in [-0.3, -0.25) is 0 Å². The maximum atomic E-state index is 6.30. The molecule has 0 aliphatic rings. The highest BCUT2D eigenvalue weighted by molar-refractivity contribution is 5.41. The molecule has 2 aromatic rings. The number of ether oxygens (including phenoxy) is 2. The van der Waals surface area contributed by atoms with E-state index in [1.807, 2.05) is 12.1 Å². The lowest BCUT2D eigenvalue weighted by Gasteiger charge is -2.31. The number of hydrogen-bond donors (Lipinski definition) is 0. The second-order valence-electron chi connectivity index (χ2n) is 7.47. The van der Waals surface area contributed by atoms with E-state index >= 15 is 0 Å². The van der Waals surface area contributed by atoms with Crippen molar-refractivity contribution in [3.05, 3.63) is 71.3 Å². The maximum absolute atomic E-state index is 6.30. The number of unbranched alkanes of at least 4 members (excludes halogenated alkanes) is 1. The lowest BCUT2D eigenvalue weighted by molar-refractivity contribution is -0.0373. The predicted molar refractivity (Wildman–Crippen MR) is 110 cm³/mol. The van der Waals surface area contributed by atoms with Crippen LogP contribution < -0.4 is 4.74 Å². The first-order valence-electron chi connectivity index (χ1n) is 9.48. The first-order valence-corrected chi connectivity index (χ1v) is 9.48. The van der Waals surface area contributed by atoms with E-state index < -0.39 is 0 Å². The average molecular weight is 353 g/mol. The van der Waals surface area contributed by atoms with Crippen molar-refractivity contribution >= 4 is 0 Å². The van der Waals surface area contributed by atoms with Gasteiger partial charge >= 0.3 is 0 Å². The van der Waals surface area contributed by atoms with E-state index in [2.05, 4.69) is 71.5 Å². The molecule has 0 N–H and O–H groups in total. The Labute approximate surface area is 158 Å². The molecule has 1 unspecified atom stereocenters. The average Bonchev–Trinajstić information content (AvgIpc) is 2.58. The third kappa shape index (κ3) is 5.47. The van der Waals surface area contributed by atoms with Crippen LogP contribution >= 0.6 is 0 Å². The molecule has 2 aromatic carbocycles. The Bertz CT molecular complexity index is 748. The summed E-state index contributed by atoms with van der Waals surface area (Å²) in [5.41, 5.74) is 4.17. The molecular formula is C24H32O2. The van der Waals surface area contributed by atoms with Gasteiger partial charge in [0.15, 0.2) is 0 Å². The predicted octanol–water partition coefficient (Wildman–Crippen LogP) is 7.09. The maximum Gasteiger partial charge on any atom is 0.130 e. The largest absolute Gasteiger partial charge is 0.457 e. The van der Waals surface area contributed by atoms with Gasteiger partial charge in [-0.1, -0.05) is 43.2 Å². The topological polar surface area (TPSA) is 18.5 Å². The molecule has 0 aromatic heterocycles. The van der Waals surface area contributed by atoms with Crippen LogP contribution in [0.3, 0.4) is 0 Å². The van der Waals surface area contributed by atoms with Crippen LogP contribution in [0.5, 0.6) is 11.5 Å². The molecule has 2 rings (SSSR count). The van der Waals surface area contributed by atoms with Crippen molar-refractivity contribution in [3.63, 3.8) is 0 Å². The van der Waals surface area contributed by atoms with Crippen molar-refractivity contribution in [2.45, 2.75) is 59.5 Å². The van der Waals surface area contributed by atoms with Gasteiger partial charge in [-0.05, 0) is 69.0 Å². The van der Waals surface area contributed by atoms with Gasteiger partial charge in [0.05, 0.1) is 5.60 Å². The van der Waals surface area contributed by atoms with E-state index in [4.69, 9.17) is 9.47 Å². The minimum atomic E-state index is -0.387. The Hall–Kier alpha value is -2.06. The van der Waals surface area contributed by atoms with Gasteiger partial charge in [0.1, 0.15) is 11.5 Å². The van der Waals surface area contributed by atoms with Crippen molar-refractivity contribution in [1.82, 2.24) is 0 Å². The fraction of sp³-hybridized carbons (Fsp3) is 0.417. The third-order valence-corrected chi connectivity index (χ3v) is 4.57. The van der Waals surface area contributed by atoms with Crippen LogP contribution in [0.4, 0.5) is 0 Å². The van der Waals surface area contributed by atoms with Crippen LogP contribution in [0.1, 0.15) is 56.7 Å². The Morgan fingerprint density at radius 3 is 2.58 bits per heavy atom. The normalized spacial score (nSPS) is 13.3. The zero-order valence-corrected chi connectivity index (χ0v) is 16.9. The molecule has 0 saturated heterocycles. The van der Waals surface area contributed by atoms with Crippen LogP contribution in [-0.2, 0) is 10.3 Å². The van der Waals surface area contributed by atoms with Gasteiger partial charge < -0.3 is 9.47 Å². The van der Waals surface area contributed by atoms with Crippen molar-refractivity contribution in [2.24, 2.45) is 0 Å². The van der Waals surface area contributed by atoms with Crippen LogP contribution in [0.15, 0.2) is 54.6 Å². The molecule has 0 spiro atoms. The van der Waals surface area contributed by atoms with Gasteiger partial charge in [0.25, 0.3) is 0 Å². The van der Waals surface area contributed by atoms with Crippen LogP contribution in [-0.4, -0.2) is 6.61 Å². The van der Waals surface area contributed by atoms with Crippen LogP contribution in [0, 0.1) is 13.8 Å². The first kappa shape index (κ1) is 20.3. The summed E-state index contributed by atoms with van der Waals surface area (Å²) >= 11 is 0.